The first kappa shape index (κ1) is 10.6. The van der Waals surface area contributed by atoms with E-state index in [1.807, 2.05) is 0 Å². The summed E-state index contributed by atoms with van der Waals surface area (Å²) in [5, 5.41) is 0. The van der Waals surface area contributed by atoms with Gasteiger partial charge < -0.3 is 14.5 Å². The van der Waals surface area contributed by atoms with Crippen LogP contribution in [0.5, 0.6) is 11.5 Å². The van der Waals surface area contributed by atoms with Crippen molar-refractivity contribution in [2.75, 3.05) is 0 Å². The van der Waals surface area contributed by atoms with Gasteiger partial charge >= 0.3 is 6.29 Å². The summed E-state index contributed by atoms with van der Waals surface area (Å²) in [7, 11) is 0. The summed E-state index contributed by atoms with van der Waals surface area (Å²) in [6.45, 7) is 7.01. The van der Waals surface area contributed by atoms with Crippen molar-refractivity contribution in [2.45, 2.75) is 6.29 Å². The molecule has 2 heterocycles. The van der Waals surface area contributed by atoms with Gasteiger partial charge in [0.15, 0.2) is 11.5 Å². The van der Waals surface area contributed by atoms with E-state index in [9.17, 15) is 8.78 Å². The summed E-state index contributed by atoms with van der Waals surface area (Å²) in [6, 6.07) is 4.56. The van der Waals surface area contributed by atoms with E-state index in [0.717, 1.165) is 0 Å². The molecule has 18 heavy (non-hydrogen) atoms. The average molecular weight is 248 g/mol. The molecule has 1 aliphatic heterocycles. The third-order valence-electron chi connectivity index (χ3n) is 2.56. The molecule has 0 atom stereocenters. The summed E-state index contributed by atoms with van der Waals surface area (Å²) in [4.78, 5) is 6.07. The Balaban J connectivity index is 2.17. The molecule has 3 rings (SSSR count). The molecule has 1 N–H and O–H groups in total. The topological polar surface area (TPSA) is 38.6 Å². The molecule has 0 bridgehead atoms. The minimum Gasteiger partial charge on any atom is -0.395 e. The van der Waals surface area contributed by atoms with Gasteiger partial charge in [0, 0.05) is 17.3 Å². The number of halogens is 2. The number of hydrogen-bond acceptors (Lipinski definition) is 2. The number of aromatic amines is 1. The molecule has 0 spiro atoms. The van der Waals surface area contributed by atoms with Gasteiger partial charge in [0.1, 0.15) is 0 Å². The first-order valence-electron chi connectivity index (χ1n) is 5.04. The van der Waals surface area contributed by atoms with Crippen molar-refractivity contribution in [3.05, 3.63) is 42.0 Å². The quantitative estimate of drug-likeness (QED) is 0.784. The fourth-order valence-corrected chi connectivity index (χ4v) is 1.85. The number of nitrogens with zero attached hydrogens (tertiary/aromatic N) is 1. The van der Waals surface area contributed by atoms with E-state index in [0.29, 0.717) is 16.8 Å². The SMILES string of the molecule is [C-]#[N+]c1c[nH]cc1-c1cccc2c1OC(F)(F)O2. The Bertz CT molecular complexity index is 658. The highest BCUT2D eigenvalue weighted by Crippen LogP contribution is 2.48. The molecule has 0 fully saturated rings. The van der Waals surface area contributed by atoms with E-state index >= 15 is 0 Å². The number of rotatable bonds is 1. The van der Waals surface area contributed by atoms with E-state index in [-0.39, 0.29) is 11.5 Å². The minimum atomic E-state index is -3.66. The van der Waals surface area contributed by atoms with Gasteiger partial charge in [-0.2, -0.15) is 0 Å². The number of benzene rings is 1. The number of alkyl halides is 2. The van der Waals surface area contributed by atoms with Crippen LogP contribution in [-0.4, -0.2) is 11.3 Å². The lowest BCUT2D eigenvalue weighted by molar-refractivity contribution is -0.286. The Labute approximate surface area is 101 Å². The van der Waals surface area contributed by atoms with E-state index in [1.54, 1.807) is 18.3 Å². The number of hydrogen-bond donors (Lipinski definition) is 1. The zero-order valence-electron chi connectivity index (χ0n) is 8.91. The summed E-state index contributed by atoms with van der Waals surface area (Å²) < 4.78 is 34.9. The number of nitrogens with one attached hydrogen (secondary N) is 1. The van der Waals surface area contributed by atoms with Gasteiger partial charge in [-0.05, 0) is 12.3 Å². The van der Waals surface area contributed by atoms with E-state index < -0.39 is 6.29 Å². The molecule has 4 nitrogen and oxygen atoms in total. The molecule has 1 aromatic carbocycles. The predicted octanol–water partition coefficient (Wildman–Crippen LogP) is 3.55. The summed E-state index contributed by atoms with van der Waals surface area (Å²) in [5.41, 5.74) is 1.24. The maximum Gasteiger partial charge on any atom is 0.586 e. The Hall–Kier alpha value is -2.55. The highest BCUT2D eigenvalue weighted by atomic mass is 19.3. The Morgan fingerprint density at radius 1 is 1.17 bits per heavy atom. The van der Waals surface area contributed by atoms with Gasteiger partial charge in [-0.1, -0.05) is 12.1 Å². The van der Waals surface area contributed by atoms with Gasteiger partial charge in [-0.15, -0.1) is 8.78 Å². The Morgan fingerprint density at radius 3 is 2.78 bits per heavy atom. The molecule has 0 radical (unpaired) electrons. The Morgan fingerprint density at radius 2 is 2.00 bits per heavy atom. The van der Waals surface area contributed by atoms with Crippen LogP contribution in [0.2, 0.25) is 0 Å². The molecule has 0 saturated heterocycles. The van der Waals surface area contributed by atoms with Gasteiger partial charge in [0.05, 0.1) is 6.57 Å². The second-order valence-electron chi connectivity index (χ2n) is 3.67. The molecule has 0 unspecified atom stereocenters. The van der Waals surface area contributed by atoms with Gasteiger partial charge in [-0.3, -0.25) is 0 Å². The molecular weight excluding hydrogens is 242 g/mol. The second-order valence-corrected chi connectivity index (χ2v) is 3.67. The molecule has 6 heteroatoms. The molecule has 1 aliphatic rings. The summed E-state index contributed by atoms with van der Waals surface area (Å²) in [6.07, 6.45) is -0.606. The van der Waals surface area contributed by atoms with Gasteiger partial charge in [0.25, 0.3) is 0 Å². The standard InChI is InChI=1S/C12H6F2N2O2/c1-15-9-6-16-5-8(9)7-3-2-4-10-11(7)18-12(13,14)17-10/h2-6,16H. The maximum atomic E-state index is 13.0. The van der Waals surface area contributed by atoms with Crippen LogP contribution >= 0.6 is 0 Å². The molecule has 0 saturated carbocycles. The lowest BCUT2D eigenvalue weighted by Crippen LogP contribution is -2.26. The normalized spacial score (nSPS) is 15.4. The average Bonchev–Trinajstić information content (AvgIpc) is 2.89. The Kier molecular flexibility index (Phi) is 2.04. The molecule has 0 aliphatic carbocycles. The summed E-state index contributed by atoms with van der Waals surface area (Å²) in [5.74, 6) is -0.0818. The van der Waals surface area contributed by atoms with E-state index in [4.69, 9.17) is 6.57 Å². The molecular formula is C12H6F2N2O2. The van der Waals surface area contributed by atoms with Crippen molar-refractivity contribution in [3.63, 3.8) is 0 Å². The van der Waals surface area contributed by atoms with Crippen molar-refractivity contribution in [1.82, 2.24) is 4.98 Å². The van der Waals surface area contributed by atoms with Crippen molar-refractivity contribution in [3.8, 4) is 22.6 Å². The van der Waals surface area contributed by atoms with Gasteiger partial charge in [0.2, 0.25) is 5.69 Å². The smallest absolute Gasteiger partial charge is 0.395 e. The zero-order chi connectivity index (χ0) is 12.8. The van der Waals surface area contributed by atoms with Crippen molar-refractivity contribution >= 4 is 5.69 Å². The number of fused-ring (bicyclic) bond motifs is 1. The largest absolute Gasteiger partial charge is 0.586 e. The molecule has 1 aromatic heterocycles. The van der Waals surface area contributed by atoms with Crippen LogP contribution in [0.15, 0.2) is 30.6 Å². The highest BCUT2D eigenvalue weighted by molar-refractivity contribution is 5.83. The number of H-pyrrole nitrogens is 1. The lowest BCUT2D eigenvalue weighted by atomic mass is 10.1. The van der Waals surface area contributed by atoms with Crippen LogP contribution in [-0.2, 0) is 0 Å². The first-order valence-corrected chi connectivity index (χ1v) is 5.04. The van der Waals surface area contributed by atoms with Crippen LogP contribution in [0, 0.1) is 6.57 Å². The van der Waals surface area contributed by atoms with Gasteiger partial charge in [-0.25, -0.2) is 4.85 Å². The number of para-hydroxylation sites is 1. The predicted molar refractivity (Wildman–Crippen MR) is 58.7 cm³/mol. The molecule has 0 amide bonds. The third kappa shape index (κ3) is 1.49. The number of aromatic nitrogens is 1. The lowest BCUT2D eigenvalue weighted by Gasteiger charge is -2.06. The van der Waals surface area contributed by atoms with Crippen LogP contribution in [0.25, 0.3) is 16.0 Å². The second kappa shape index (κ2) is 3.47. The van der Waals surface area contributed by atoms with Crippen molar-refractivity contribution in [1.29, 1.82) is 0 Å². The minimum absolute atomic E-state index is 0.0327. The highest BCUT2D eigenvalue weighted by Gasteiger charge is 2.44. The zero-order valence-corrected chi connectivity index (χ0v) is 8.91. The van der Waals surface area contributed by atoms with Crippen LogP contribution < -0.4 is 9.47 Å². The first-order chi connectivity index (χ1) is 8.61. The number of ether oxygens (including phenoxy) is 2. The summed E-state index contributed by atoms with van der Waals surface area (Å²) >= 11 is 0. The van der Waals surface area contributed by atoms with Crippen molar-refractivity contribution in [2.24, 2.45) is 0 Å². The maximum absolute atomic E-state index is 13.0. The van der Waals surface area contributed by atoms with Crippen molar-refractivity contribution < 1.29 is 18.3 Å². The molecule has 2 aromatic rings. The van der Waals surface area contributed by atoms with Crippen LogP contribution in [0.3, 0.4) is 0 Å². The third-order valence-corrected chi connectivity index (χ3v) is 2.56. The van der Waals surface area contributed by atoms with E-state index in [1.165, 1.54) is 12.3 Å². The fourth-order valence-electron chi connectivity index (χ4n) is 1.85. The monoisotopic (exact) mass is 248 g/mol. The van der Waals surface area contributed by atoms with Crippen LogP contribution in [0.4, 0.5) is 14.5 Å². The molecule has 90 valence electrons. The van der Waals surface area contributed by atoms with Crippen LogP contribution in [0.1, 0.15) is 0 Å². The fraction of sp³-hybridized carbons (Fsp3) is 0.0833. The van der Waals surface area contributed by atoms with E-state index in [2.05, 4.69) is 19.3 Å².